The fourth-order valence-corrected chi connectivity index (χ4v) is 0.848. The first-order chi connectivity index (χ1) is 4.09. The van der Waals surface area contributed by atoms with Crippen LogP contribution in [-0.2, 0) is 4.79 Å². The van der Waals surface area contributed by atoms with Crippen LogP contribution in [-0.4, -0.2) is 29.4 Å². The molecular weight excluding hydrogens is 138 g/mol. The molecule has 0 aliphatic rings. The molecule has 9 heavy (non-hydrogen) atoms. The van der Waals surface area contributed by atoms with Crippen LogP contribution < -0.4 is 5.32 Å². The van der Waals surface area contributed by atoms with Crippen LogP contribution in [0.3, 0.4) is 0 Å². The standard InChI is InChI=1S/C5H11NO2S/c1-3(9)4(6-2)5(7)8/h3-4,6,9H,1-2H3,(H,7,8). The molecule has 0 spiro atoms. The Hall–Kier alpha value is -0.220. The average molecular weight is 149 g/mol. The van der Waals surface area contributed by atoms with Gasteiger partial charge in [-0.1, -0.05) is 6.92 Å². The van der Waals surface area contributed by atoms with Crippen molar-refractivity contribution in [3.8, 4) is 0 Å². The SMILES string of the molecule is CNC(C(=O)O)C(C)S. The number of hydrogen-bond acceptors (Lipinski definition) is 3. The number of rotatable bonds is 3. The molecule has 0 saturated carbocycles. The minimum Gasteiger partial charge on any atom is -0.480 e. The lowest BCUT2D eigenvalue weighted by molar-refractivity contribution is -0.139. The van der Waals surface area contributed by atoms with Gasteiger partial charge in [0.15, 0.2) is 0 Å². The van der Waals surface area contributed by atoms with Gasteiger partial charge < -0.3 is 10.4 Å². The lowest BCUT2D eigenvalue weighted by Gasteiger charge is -2.12. The molecule has 0 heterocycles. The van der Waals surface area contributed by atoms with Gasteiger partial charge in [0.25, 0.3) is 0 Å². The van der Waals surface area contributed by atoms with E-state index < -0.39 is 12.0 Å². The summed E-state index contributed by atoms with van der Waals surface area (Å²) in [6.07, 6.45) is 0. The third kappa shape index (κ3) is 2.72. The van der Waals surface area contributed by atoms with Gasteiger partial charge in [0, 0.05) is 5.25 Å². The van der Waals surface area contributed by atoms with E-state index in [-0.39, 0.29) is 5.25 Å². The Balaban J connectivity index is 3.83. The summed E-state index contributed by atoms with van der Waals surface area (Å²) in [7, 11) is 1.60. The smallest absolute Gasteiger partial charge is 0.321 e. The van der Waals surface area contributed by atoms with Crippen molar-refractivity contribution in [1.82, 2.24) is 5.32 Å². The van der Waals surface area contributed by atoms with Gasteiger partial charge in [0.05, 0.1) is 0 Å². The predicted octanol–water partition coefficient (Wildman–Crippen LogP) is -0.0227. The normalized spacial score (nSPS) is 16.8. The Bertz CT molecular complexity index is 105. The minimum absolute atomic E-state index is 0.160. The first-order valence-corrected chi connectivity index (χ1v) is 3.19. The highest BCUT2D eigenvalue weighted by atomic mass is 32.1. The molecule has 0 aromatic heterocycles. The number of hydrogen-bond donors (Lipinski definition) is 3. The summed E-state index contributed by atoms with van der Waals surface area (Å²) in [6, 6.07) is -0.548. The minimum atomic E-state index is -0.861. The molecule has 0 bridgehead atoms. The van der Waals surface area contributed by atoms with Crippen LogP contribution in [0.5, 0.6) is 0 Å². The maximum atomic E-state index is 10.3. The van der Waals surface area contributed by atoms with Crippen molar-refractivity contribution in [2.45, 2.75) is 18.2 Å². The molecule has 2 unspecified atom stereocenters. The summed E-state index contributed by atoms with van der Waals surface area (Å²) in [6.45, 7) is 1.73. The van der Waals surface area contributed by atoms with Crippen molar-refractivity contribution in [2.24, 2.45) is 0 Å². The predicted molar refractivity (Wildman–Crippen MR) is 38.9 cm³/mol. The second-order valence-electron chi connectivity index (χ2n) is 1.85. The fraction of sp³-hybridized carbons (Fsp3) is 0.800. The molecule has 0 radical (unpaired) electrons. The molecule has 0 aliphatic heterocycles. The van der Waals surface area contributed by atoms with Gasteiger partial charge in [-0.15, -0.1) is 0 Å². The molecule has 0 aliphatic carbocycles. The van der Waals surface area contributed by atoms with Crippen LogP contribution in [0.15, 0.2) is 0 Å². The van der Waals surface area contributed by atoms with E-state index in [2.05, 4.69) is 17.9 Å². The van der Waals surface area contributed by atoms with E-state index >= 15 is 0 Å². The highest BCUT2D eigenvalue weighted by molar-refractivity contribution is 7.81. The van der Waals surface area contributed by atoms with Crippen molar-refractivity contribution in [2.75, 3.05) is 7.05 Å². The summed E-state index contributed by atoms with van der Waals surface area (Å²) < 4.78 is 0. The Kier molecular flexibility index (Phi) is 3.65. The van der Waals surface area contributed by atoms with Gasteiger partial charge in [-0.25, -0.2) is 0 Å². The van der Waals surface area contributed by atoms with E-state index in [1.165, 1.54) is 0 Å². The Morgan fingerprint density at radius 3 is 2.22 bits per heavy atom. The summed E-state index contributed by atoms with van der Waals surface area (Å²) in [4.78, 5) is 10.3. The number of likely N-dealkylation sites (N-methyl/N-ethyl adjacent to an activating group) is 1. The van der Waals surface area contributed by atoms with Crippen molar-refractivity contribution in [3.05, 3.63) is 0 Å². The molecule has 0 aromatic carbocycles. The first kappa shape index (κ1) is 8.78. The zero-order chi connectivity index (χ0) is 7.44. The van der Waals surface area contributed by atoms with Crippen LogP contribution in [0, 0.1) is 0 Å². The summed E-state index contributed by atoms with van der Waals surface area (Å²) >= 11 is 3.97. The number of thiol groups is 1. The number of nitrogens with one attached hydrogen (secondary N) is 1. The number of aliphatic carboxylic acids is 1. The summed E-state index contributed by atoms with van der Waals surface area (Å²) in [5.41, 5.74) is 0. The van der Waals surface area contributed by atoms with Crippen LogP contribution in [0.4, 0.5) is 0 Å². The van der Waals surface area contributed by atoms with Crippen molar-refractivity contribution in [1.29, 1.82) is 0 Å². The summed E-state index contributed by atoms with van der Waals surface area (Å²) in [5, 5.41) is 10.9. The fourth-order valence-electron chi connectivity index (χ4n) is 0.571. The third-order valence-corrected chi connectivity index (χ3v) is 1.36. The Morgan fingerprint density at radius 1 is 1.78 bits per heavy atom. The average Bonchev–Trinajstić information content (AvgIpc) is 1.64. The van der Waals surface area contributed by atoms with Crippen LogP contribution >= 0.6 is 12.6 Å². The topological polar surface area (TPSA) is 49.3 Å². The van der Waals surface area contributed by atoms with Crippen LogP contribution in [0.2, 0.25) is 0 Å². The van der Waals surface area contributed by atoms with Crippen LogP contribution in [0.1, 0.15) is 6.92 Å². The number of carbonyl (C=O) groups is 1. The molecule has 4 heteroatoms. The molecule has 3 nitrogen and oxygen atoms in total. The zero-order valence-electron chi connectivity index (χ0n) is 5.46. The maximum absolute atomic E-state index is 10.3. The molecule has 0 fully saturated rings. The van der Waals surface area contributed by atoms with Gasteiger partial charge in [0.1, 0.15) is 6.04 Å². The lowest BCUT2D eigenvalue weighted by atomic mass is 10.2. The van der Waals surface area contributed by atoms with Crippen molar-refractivity contribution < 1.29 is 9.90 Å². The lowest BCUT2D eigenvalue weighted by Crippen LogP contribution is -2.40. The van der Waals surface area contributed by atoms with Gasteiger partial charge >= 0.3 is 5.97 Å². The van der Waals surface area contributed by atoms with Gasteiger partial charge in [-0.3, -0.25) is 4.79 Å². The molecule has 2 atom stereocenters. The molecule has 0 amide bonds. The second-order valence-corrected chi connectivity index (χ2v) is 2.66. The zero-order valence-corrected chi connectivity index (χ0v) is 6.35. The monoisotopic (exact) mass is 149 g/mol. The molecule has 0 saturated heterocycles. The number of carboxylic acids is 1. The van der Waals surface area contributed by atoms with Crippen molar-refractivity contribution in [3.63, 3.8) is 0 Å². The molecular formula is C5H11NO2S. The summed E-state index contributed by atoms with van der Waals surface area (Å²) in [5.74, 6) is -0.861. The molecule has 0 rings (SSSR count). The largest absolute Gasteiger partial charge is 0.480 e. The molecule has 54 valence electrons. The van der Waals surface area contributed by atoms with E-state index in [0.29, 0.717) is 0 Å². The van der Waals surface area contributed by atoms with Gasteiger partial charge in [0.2, 0.25) is 0 Å². The highest BCUT2D eigenvalue weighted by Gasteiger charge is 2.18. The quantitative estimate of drug-likeness (QED) is 0.494. The van der Waals surface area contributed by atoms with E-state index in [4.69, 9.17) is 5.11 Å². The first-order valence-electron chi connectivity index (χ1n) is 2.67. The Morgan fingerprint density at radius 2 is 2.22 bits per heavy atom. The van der Waals surface area contributed by atoms with Gasteiger partial charge in [-0.2, -0.15) is 12.6 Å². The van der Waals surface area contributed by atoms with Crippen molar-refractivity contribution >= 4 is 18.6 Å². The Labute approximate surface area is 59.9 Å². The molecule has 2 N–H and O–H groups in total. The van der Waals surface area contributed by atoms with E-state index in [9.17, 15) is 4.79 Å². The van der Waals surface area contributed by atoms with E-state index in [1.807, 2.05) is 0 Å². The van der Waals surface area contributed by atoms with Crippen LogP contribution in [0.25, 0.3) is 0 Å². The number of carboxylic acid groups (broad SMARTS) is 1. The van der Waals surface area contributed by atoms with E-state index in [0.717, 1.165) is 0 Å². The van der Waals surface area contributed by atoms with Gasteiger partial charge in [-0.05, 0) is 7.05 Å². The maximum Gasteiger partial charge on any atom is 0.321 e. The third-order valence-electron chi connectivity index (χ3n) is 1.06. The van der Waals surface area contributed by atoms with E-state index in [1.54, 1.807) is 14.0 Å². The highest BCUT2D eigenvalue weighted by Crippen LogP contribution is 1.99. The second kappa shape index (κ2) is 3.74. The molecule has 0 aromatic rings.